The Labute approximate surface area is 256 Å². The number of rotatable bonds is 4. The van der Waals surface area contributed by atoms with Gasteiger partial charge in [0.05, 0.1) is 22.1 Å². The first-order valence-electron chi connectivity index (χ1n) is 15.3. The number of benzene rings is 5. The molecule has 0 fully saturated rings. The molecule has 0 amide bonds. The summed E-state index contributed by atoms with van der Waals surface area (Å²) in [5.41, 5.74) is 14.4. The molecular weight excluding hydrogens is 534 g/mol. The number of hydrogen-bond acceptors (Lipinski definition) is 1. The lowest BCUT2D eigenvalue weighted by Gasteiger charge is -2.13. The molecule has 0 saturated carbocycles. The van der Waals surface area contributed by atoms with Crippen LogP contribution in [0.1, 0.15) is 17.7 Å². The van der Waals surface area contributed by atoms with Crippen LogP contribution in [-0.2, 0) is 6.42 Å². The first-order chi connectivity index (χ1) is 21.8. The molecule has 3 heterocycles. The van der Waals surface area contributed by atoms with E-state index in [0.717, 1.165) is 35.1 Å². The van der Waals surface area contributed by atoms with Crippen LogP contribution < -0.4 is 0 Å². The zero-order valence-corrected chi connectivity index (χ0v) is 24.2. The van der Waals surface area contributed by atoms with E-state index in [0.29, 0.717) is 0 Å². The molecule has 0 bridgehead atoms. The van der Waals surface area contributed by atoms with E-state index < -0.39 is 0 Å². The summed E-state index contributed by atoms with van der Waals surface area (Å²) in [5, 5.41) is 2.51. The Kier molecular flexibility index (Phi) is 5.63. The van der Waals surface area contributed by atoms with E-state index in [2.05, 4.69) is 149 Å². The number of nitrogens with zero attached hydrogens (tertiary/aromatic N) is 3. The first kappa shape index (κ1) is 24.9. The van der Waals surface area contributed by atoms with Crippen molar-refractivity contribution in [2.45, 2.75) is 12.8 Å². The second-order valence-electron chi connectivity index (χ2n) is 11.5. The van der Waals surface area contributed by atoms with Crippen molar-refractivity contribution in [3.8, 4) is 33.6 Å². The molecular formula is C41H29N3. The molecule has 3 heteroatoms. The topological polar surface area (TPSA) is 22.8 Å². The minimum absolute atomic E-state index is 1.02. The van der Waals surface area contributed by atoms with E-state index >= 15 is 0 Å². The molecule has 3 nitrogen and oxygen atoms in total. The third kappa shape index (κ3) is 3.79. The second-order valence-corrected chi connectivity index (χ2v) is 11.5. The van der Waals surface area contributed by atoms with Crippen molar-refractivity contribution >= 4 is 38.9 Å². The van der Waals surface area contributed by atoms with E-state index in [1.807, 2.05) is 12.3 Å². The summed E-state index contributed by atoms with van der Waals surface area (Å²) in [5.74, 6) is 0. The Morgan fingerprint density at radius 2 is 1.27 bits per heavy atom. The molecule has 0 N–H and O–H groups in total. The zero-order valence-electron chi connectivity index (χ0n) is 24.2. The number of aryl methyl sites for hydroxylation is 1. The average molecular weight is 564 g/mol. The molecule has 0 radical (unpaired) electrons. The largest absolute Gasteiger partial charge is 0.310 e. The molecule has 1 aliphatic carbocycles. The van der Waals surface area contributed by atoms with Crippen LogP contribution in [0.4, 0.5) is 0 Å². The molecule has 44 heavy (non-hydrogen) atoms. The third-order valence-electron chi connectivity index (χ3n) is 9.06. The summed E-state index contributed by atoms with van der Waals surface area (Å²) in [6.45, 7) is 0. The summed E-state index contributed by atoms with van der Waals surface area (Å²) in [6.07, 6.45) is 8.65. The number of hydrogen-bond donors (Lipinski definition) is 0. The normalized spacial score (nSPS) is 12.7. The van der Waals surface area contributed by atoms with E-state index in [9.17, 15) is 0 Å². The van der Waals surface area contributed by atoms with Gasteiger partial charge in [-0.1, -0.05) is 91.0 Å². The molecule has 1 aliphatic rings. The fraction of sp³-hybridized carbons (Fsp3) is 0.0488. The van der Waals surface area contributed by atoms with Gasteiger partial charge in [-0.3, -0.25) is 4.98 Å². The predicted octanol–water partition coefficient (Wildman–Crippen LogP) is 10.4. The van der Waals surface area contributed by atoms with Crippen molar-refractivity contribution in [1.29, 1.82) is 0 Å². The number of aromatic nitrogens is 3. The van der Waals surface area contributed by atoms with E-state index in [4.69, 9.17) is 4.98 Å². The highest BCUT2D eigenvalue weighted by atomic mass is 15.0. The van der Waals surface area contributed by atoms with Gasteiger partial charge in [0.2, 0.25) is 0 Å². The van der Waals surface area contributed by atoms with Crippen LogP contribution in [0.3, 0.4) is 0 Å². The summed E-state index contributed by atoms with van der Waals surface area (Å²) >= 11 is 0. The summed E-state index contributed by atoms with van der Waals surface area (Å²) in [6, 6.07) is 48.0. The molecule has 208 valence electrons. The molecule has 9 rings (SSSR count). The lowest BCUT2D eigenvalue weighted by Crippen LogP contribution is -2.00. The fourth-order valence-corrected chi connectivity index (χ4v) is 7.09. The van der Waals surface area contributed by atoms with Crippen molar-refractivity contribution in [2.24, 2.45) is 0 Å². The van der Waals surface area contributed by atoms with Crippen molar-refractivity contribution in [1.82, 2.24) is 14.1 Å². The van der Waals surface area contributed by atoms with E-state index in [1.165, 1.54) is 55.5 Å². The number of allylic oxidation sites excluding steroid dienone is 1. The van der Waals surface area contributed by atoms with Gasteiger partial charge in [0.25, 0.3) is 0 Å². The number of pyridine rings is 1. The van der Waals surface area contributed by atoms with Gasteiger partial charge in [-0.15, -0.1) is 0 Å². The molecule has 0 saturated heterocycles. The number of para-hydroxylation sites is 1. The standard InChI is InChI=1S/C41H29N3/c1-3-11-28(12-4-1)29-20-23-32(24-21-29)43-36-17-8-7-15-34(36)35-25-22-30(27-39(35)43)33-16-9-18-37-40(33)41-38(19-10-26-42-41)44(37)31-13-5-2-6-14-31/h1-6,8-14,16-27H,7,15H2. The molecule has 0 aliphatic heterocycles. The van der Waals surface area contributed by atoms with Crippen molar-refractivity contribution in [3.05, 3.63) is 157 Å². The van der Waals surface area contributed by atoms with Gasteiger partial charge < -0.3 is 9.13 Å². The van der Waals surface area contributed by atoms with Crippen LogP contribution >= 0.6 is 0 Å². The lowest BCUT2D eigenvalue weighted by molar-refractivity contribution is 0.967. The van der Waals surface area contributed by atoms with E-state index in [-0.39, 0.29) is 0 Å². The van der Waals surface area contributed by atoms with Gasteiger partial charge in [-0.05, 0) is 95.3 Å². The second kappa shape index (κ2) is 9.96. The number of fused-ring (bicyclic) bond motifs is 6. The quantitative estimate of drug-likeness (QED) is 0.209. The Hall–Kier alpha value is -5.67. The van der Waals surface area contributed by atoms with Crippen molar-refractivity contribution in [3.63, 3.8) is 0 Å². The fourth-order valence-electron chi connectivity index (χ4n) is 7.09. The summed E-state index contributed by atoms with van der Waals surface area (Å²) in [7, 11) is 0. The van der Waals surface area contributed by atoms with Crippen LogP contribution in [0.2, 0.25) is 0 Å². The minimum atomic E-state index is 1.02. The Balaban J connectivity index is 1.27. The SMILES string of the molecule is C1=Cc2c(c3ccc(-c4cccc5c4c4ncccc4n5-c4ccccc4)cc3n2-c2ccc(-c3ccccc3)cc2)CC1. The summed E-state index contributed by atoms with van der Waals surface area (Å²) < 4.78 is 4.78. The highest BCUT2D eigenvalue weighted by Crippen LogP contribution is 2.41. The minimum Gasteiger partial charge on any atom is -0.310 e. The van der Waals surface area contributed by atoms with Crippen LogP contribution in [0, 0.1) is 0 Å². The van der Waals surface area contributed by atoms with Gasteiger partial charge >= 0.3 is 0 Å². The lowest BCUT2D eigenvalue weighted by atomic mass is 9.97. The Morgan fingerprint density at radius 1 is 0.545 bits per heavy atom. The smallest absolute Gasteiger partial charge is 0.0969 e. The van der Waals surface area contributed by atoms with Gasteiger partial charge in [-0.25, -0.2) is 0 Å². The summed E-state index contributed by atoms with van der Waals surface area (Å²) in [4.78, 5) is 4.92. The predicted molar refractivity (Wildman–Crippen MR) is 184 cm³/mol. The van der Waals surface area contributed by atoms with Gasteiger partial charge in [0, 0.05) is 34.0 Å². The maximum absolute atomic E-state index is 4.92. The van der Waals surface area contributed by atoms with Gasteiger partial charge in [-0.2, -0.15) is 0 Å². The van der Waals surface area contributed by atoms with Crippen LogP contribution in [0.5, 0.6) is 0 Å². The van der Waals surface area contributed by atoms with Gasteiger partial charge in [0.1, 0.15) is 0 Å². The Morgan fingerprint density at radius 3 is 2.11 bits per heavy atom. The first-order valence-corrected chi connectivity index (χ1v) is 15.3. The van der Waals surface area contributed by atoms with E-state index in [1.54, 1.807) is 0 Å². The van der Waals surface area contributed by atoms with Crippen molar-refractivity contribution in [2.75, 3.05) is 0 Å². The van der Waals surface area contributed by atoms with Crippen LogP contribution in [0.25, 0.3) is 72.5 Å². The maximum Gasteiger partial charge on any atom is 0.0969 e. The molecule has 0 atom stereocenters. The highest BCUT2D eigenvalue weighted by Gasteiger charge is 2.21. The monoisotopic (exact) mass is 563 g/mol. The molecule has 8 aromatic rings. The molecule has 5 aromatic carbocycles. The molecule has 0 unspecified atom stereocenters. The molecule has 3 aromatic heterocycles. The average Bonchev–Trinajstić information content (AvgIpc) is 3.62. The molecule has 0 spiro atoms. The van der Waals surface area contributed by atoms with Crippen LogP contribution in [0.15, 0.2) is 146 Å². The third-order valence-corrected chi connectivity index (χ3v) is 9.06. The maximum atomic E-state index is 4.92. The Bertz CT molecular complexity index is 2360. The van der Waals surface area contributed by atoms with Crippen molar-refractivity contribution < 1.29 is 0 Å². The highest BCUT2D eigenvalue weighted by molar-refractivity contribution is 6.14. The van der Waals surface area contributed by atoms with Gasteiger partial charge in [0.15, 0.2) is 0 Å². The zero-order chi connectivity index (χ0) is 29.0. The van der Waals surface area contributed by atoms with Crippen LogP contribution in [-0.4, -0.2) is 14.1 Å².